The first-order chi connectivity index (χ1) is 9.92. The first-order valence-electron chi connectivity index (χ1n) is 6.12. The Labute approximate surface area is 121 Å². The van der Waals surface area contributed by atoms with Gasteiger partial charge in [-0.05, 0) is 31.5 Å². The van der Waals surface area contributed by atoms with E-state index in [1.165, 1.54) is 14.0 Å². The summed E-state index contributed by atoms with van der Waals surface area (Å²) < 4.78 is 5.23. The van der Waals surface area contributed by atoms with E-state index in [0.717, 1.165) is 5.56 Å². The molecule has 2 aromatic rings. The Kier molecular flexibility index (Phi) is 3.88. The molecule has 1 aromatic carbocycles. The van der Waals surface area contributed by atoms with Crippen molar-refractivity contribution in [2.24, 2.45) is 0 Å². The molecule has 3 N–H and O–H groups in total. The minimum atomic E-state index is -0.542. The van der Waals surface area contributed by atoms with Crippen molar-refractivity contribution in [3.63, 3.8) is 0 Å². The first kappa shape index (κ1) is 14.5. The van der Waals surface area contributed by atoms with E-state index in [4.69, 9.17) is 10.5 Å². The predicted molar refractivity (Wildman–Crippen MR) is 78.8 cm³/mol. The lowest BCUT2D eigenvalue weighted by Gasteiger charge is -2.12. The van der Waals surface area contributed by atoms with E-state index in [1.54, 1.807) is 12.1 Å². The number of nitro groups is 1. The molecule has 8 nitrogen and oxygen atoms in total. The number of nitrogens with one attached hydrogen (secondary N) is 1. The van der Waals surface area contributed by atoms with E-state index in [1.807, 2.05) is 13.0 Å². The molecule has 110 valence electrons. The Morgan fingerprint density at radius 2 is 2.05 bits per heavy atom. The first-order valence-corrected chi connectivity index (χ1v) is 6.12. The molecule has 0 fully saturated rings. The molecule has 0 aliphatic rings. The van der Waals surface area contributed by atoms with Gasteiger partial charge in [-0.1, -0.05) is 6.07 Å². The van der Waals surface area contributed by atoms with Crippen LogP contribution in [-0.2, 0) is 0 Å². The van der Waals surface area contributed by atoms with Crippen LogP contribution < -0.4 is 15.8 Å². The molecule has 0 radical (unpaired) electrons. The summed E-state index contributed by atoms with van der Waals surface area (Å²) in [6.07, 6.45) is 0. The second-order valence-corrected chi connectivity index (χ2v) is 4.45. The van der Waals surface area contributed by atoms with Crippen LogP contribution in [0.5, 0.6) is 5.75 Å². The number of nitrogens with zero attached hydrogens (tertiary/aromatic N) is 3. The van der Waals surface area contributed by atoms with Crippen LogP contribution >= 0.6 is 0 Å². The van der Waals surface area contributed by atoms with Gasteiger partial charge in [0.05, 0.1) is 17.7 Å². The molecule has 0 saturated heterocycles. The summed E-state index contributed by atoms with van der Waals surface area (Å²) in [5.74, 6) is 0.547. The average molecular weight is 289 g/mol. The van der Waals surface area contributed by atoms with Gasteiger partial charge in [0.15, 0.2) is 0 Å². The van der Waals surface area contributed by atoms with Crippen LogP contribution in [0.15, 0.2) is 18.2 Å². The van der Waals surface area contributed by atoms with Crippen LogP contribution in [0.25, 0.3) is 0 Å². The Hall–Kier alpha value is -2.90. The van der Waals surface area contributed by atoms with Crippen molar-refractivity contribution in [2.75, 3.05) is 18.2 Å². The predicted octanol–water partition coefficient (Wildman–Crippen LogP) is 2.34. The SMILES string of the molecule is COc1ccc(C)cc1Nc1nc(N)nc(C)c1[N+](=O)[O-]. The highest BCUT2D eigenvalue weighted by Gasteiger charge is 2.22. The summed E-state index contributed by atoms with van der Waals surface area (Å²) in [5, 5.41) is 14.1. The monoisotopic (exact) mass is 289 g/mol. The topological polar surface area (TPSA) is 116 Å². The molecule has 21 heavy (non-hydrogen) atoms. The lowest BCUT2D eigenvalue weighted by molar-refractivity contribution is -0.385. The van der Waals surface area contributed by atoms with Crippen molar-refractivity contribution < 1.29 is 9.66 Å². The number of benzene rings is 1. The third-order valence-corrected chi connectivity index (χ3v) is 2.87. The Balaban J connectivity index is 2.53. The van der Waals surface area contributed by atoms with Gasteiger partial charge in [-0.25, -0.2) is 4.98 Å². The van der Waals surface area contributed by atoms with Gasteiger partial charge in [0, 0.05) is 0 Å². The lowest BCUT2D eigenvalue weighted by atomic mass is 10.2. The molecule has 0 saturated carbocycles. The number of hydrogen-bond acceptors (Lipinski definition) is 7. The molecule has 0 atom stereocenters. The number of nitrogen functional groups attached to an aromatic ring is 1. The van der Waals surface area contributed by atoms with Gasteiger partial charge in [0.25, 0.3) is 0 Å². The van der Waals surface area contributed by atoms with Crippen LogP contribution in [-0.4, -0.2) is 22.0 Å². The van der Waals surface area contributed by atoms with E-state index in [-0.39, 0.29) is 23.1 Å². The maximum atomic E-state index is 11.2. The fourth-order valence-electron chi connectivity index (χ4n) is 1.94. The summed E-state index contributed by atoms with van der Waals surface area (Å²) in [6.45, 7) is 3.41. The van der Waals surface area contributed by atoms with Crippen LogP contribution in [0.3, 0.4) is 0 Å². The number of ether oxygens (including phenoxy) is 1. The summed E-state index contributed by atoms with van der Waals surface area (Å²) in [7, 11) is 1.52. The number of nitrogens with two attached hydrogens (primary N) is 1. The molecular formula is C13H15N5O3. The van der Waals surface area contributed by atoms with Gasteiger partial charge >= 0.3 is 5.69 Å². The largest absolute Gasteiger partial charge is 0.495 e. The zero-order valence-corrected chi connectivity index (χ0v) is 11.9. The highest BCUT2D eigenvalue weighted by atomic mass is 16.6. The maximum Gasteiger partial charge on any atom is 0.332 e. The normalized spacial score (nSPS) is 10.2. The molecule has 1 heterocycles. The van der Waals surface area contributed by atoms with Crippen LogP contribution in [0, 0.1) is 24.0 Å². The summed E-state index contributed by atoms with van der Waals surface area (Å²) in [5.41, 5.74) is 7.09. The minimum absolute atomic E-state index is 0.0350. The molecule has 0 aliphatic heterocycles. The fourth-order valence-corrected chi connectivity index (χ4v) is 1.94. The van der Waals surface area contributed by atoms with Crippen molar-refractivity contribution in [3.8, 4) is 5.75 Å². The van der Waals surface area contributed by atoms with Crippen LogP contribution in [0.2, 0.25) is 0 Å². The smallest absolute Gasteiger partial charge is 0.332 e. The van der Waals surface area contributed by atoms with Crippen molar-refractivity contribution in [1.29, 1.82) is 0 Å². The third-order valence-electron chi connectivity index (χ3n) is 2.87. The quantitative estimate of drug-likeness (QED) is 0.655. The number of aryl methyl sites for hydroxylation is 2. The molecular weight excluding hydrogens is 274 g/mol. The average Bonchev–Trinajstić information content (AvgIpc) is 2.37. The Bertz CT molecular complexity index is 702. The molecule has 0 unspecified atom stereocenters. The maximum absolute atomic E-state index is 11.2. The molecule has 0 amide bonds. The van der Waals surface area contributed by atoms with Crippen LogP contribution in [0.1, 0.15) is 11.3 Å². The van der Waals surface area contributed by atoms with E-state index >= 15 is 0 Å². The summed E-state index contributed by atoms with van der Waals surface area (Å²) in [6, 6.07) is 5.44. The number of methoxy groups -OCH3 is 1. The van der Waals surface area contributed by atoms with Gasteiger partial charge in [-0.3, -0.25) is 10.1 Å². The number of anilines is 3. The van der Waals surface area contributed by atoms with Crippen molar-refractivity contribution in [3.05, 3.63) is 39.6 Å². The van der Waals surface area contributed by atoms with Crippen molar-refractivity contribution >= 4 is 23.1 Å². The number of aromatic nitrogens is 2. The second kappa shape index (κ2) is 5.61. The highest BCUT2D eigenvalue weighted by Crippen LogP contribution is 2.33. The zero-order valence-electron chi connectivity index (χ0n) is 11.9. The standard InChI is InChI=1S/C13H15N5O3/c1-7-4-5-10(21-3)9(6-7)16-12-11(18(19)20)8(2)15-13(14)17-12/h4-6H,1-3H3,(H3,14,15,16,17). The van der Waals surface area contributed by atoms with Gasteiger partial charge in [-0.15, -0.1) is 0 Å². The third kappa shape index (κ3) is 2.99. The Morgan fingerprint density at radius 1 is 1.33 bits per heavy atom. The molecule has 0 bridgehead atoms. The molecule has 0 spiro atoms. The van der Waals surface area contributed by atoms with Gasteiger partial charge in [-0.2, -0.15) is 4.98 Å². The van der Waals surface area contributed by atoms with Gasteiger partial charge in [0.1, 0.15) is 11.4 Å². The minimum Gasteiger partial charge on any atom is -0.495 e. The van der Waals surface area contributed by atoms with E-state index < -0.39 is 4.92 Å². The Morgan fingerprint density at radius 3 is 2.67 bits per heavy atom. The molecule has 1 aromatic heterocycles. The highest BCUT2D eigenvalue weighted by molar-refractivity contribution is 5.72. The summed E-state index contributed by atoms with van der Waals surface area (Å²) in [4.78, 5) is 18.4. The lowest BCUT2D eigenvalue weighted by Crippen LogP contribution is -2.07. The molecule has 0 aliphatic carbocycles. The van der Waals surface area contributed by atoms with E-state index in [2.05, 4.69) is 15.3 Å². The van der Waals surface area contributed by atoms with E-state index in [9.17, 15) is 10.1 Å². The molecule has 2 rings (SSSR count). The van der Waals surface area contributed by atoms with Crippen molar-refractivity contribution in [2.45, 2.75) is 13.8 Å². The number of rotatable bonds is 4. The molecule has 8 heteroatoms. The zero-order chi connectivity index (χ0) is 15.6. The summed E-state index contributed by atoms with van der Waals surface area (Å²) >= 11 is 0. The van der Waals surface area contributed by atoms with Gasteiger partial charge in [0.2, 0.25) is 11.8 Å². The van der Waals surface area contributed by atoms with Gasteiger partial charge < -0.3 is 15.8 Å². The van der Waals surface area contributed by atoms with Crippen LogP contribution in [0.4, 0.5) is 23.1 Å². The second-order valence-electron chi connectivity index (χ2n) is 4.45. The number of hydrogen-bond donors (Lipinski definition) is 2. The fraction of sp³-hybridized carbons (Fsp3) is 0.231. The van der Waals surface area contributed by atoms with Crippen molar-refractivity contribution in [1.82, 2.24) is 9.97 Å². The van der Waals surface area contributed by atoms with E-state index in [0.29, 0.717) is 11.4 Å².